The number of alkyl halides is 3. The molecule has 0 aliphatic carbocycles. The van der Waals surface area contributed by atoms with Crippen molar-refractivity contribution in [2.45, 2.75) is 51.9 Å². The average molecular weight is 502 g/mol. The quantitative estimate of drug-likeness (QED) is 0.357. The Hall–Kier alpha value is -1.04. The molecule has 1 atom stereocenters. The molecule has 0 radical (unpaired) electrons. The number of nitrogens with zero attached hydrogens (tertiary/aromatic N) is 4. The lowest BCUT2D eigenvalue weighted by molar-refractivity contribution is -0.143. The molecule has 0 saturated carbocycles. The van der Waals surface area contributed by atoms with E-state index in [1.54, 1.807) is 7.05 Å². The molecular formula is C17H30F3IN6. The van der Waals surface area contributed by atoms with Gasteiger partial charge in [0.25, 0.3) is 0 Å². The second kappa shape index (κ2) is 10.5. The molecule has 1 saturated heterocycles. The minimum Gasteiger partial charge on any atom is -0.352 e. The molecule has 6 nitrogen and oxygen atoms in total. The van der Waals surface area contributed by atoms with E-state index in [1.807, 2.05) is 11.7 Å². The first-order chi connectivity index (χ1) is 12.3. The van der Waals surface area contributed by atoms with Crippen LogP contribution >= 0.6 is 24.0 Å². The van der Waals surface area contributed by atoms with Crippen molar-refractivity contribution in [1.29, 1.82) is 0 Å². The van der Waals surface area contributed by atoms with Gasteiger partial charge in [-0.15, -0.1) is 24.0 Å². The summed E-state index contributed by atoms with van der Waals surface area (Å²) in [7, 11) is 3.62. The number of hydrogen-bond acceptors (Lipinski definition) is 3. The lowest BCUT2D eigenvalue weighted by Crippen LogP contribution is -2.45. The molecule has 0 bridgehead atoms. The Morgan fingerprint density at radius 3 is 2.56 bits per heavy atom. The molecule has 1 fully saturated rings. The van der Waals surface area contributed by atoms with Crippen LogP contribution in [-0.4, -0.2) is 59.5 Å². The zero-order valence-corrected chi connectivity index (χ0v) is 18.7. The molecule has 0 spiro atoms. The highest BCUT2D eigenvalue weighted by Crippen LogP contribution is 2.20. The number of halogens is 4. The normalized spacial score (nSPS) is 18.5. The summed E-state index contributed by atoms with van der Waals surface area (Å²) in [6.07, 6.45) is -1.74. The minimum atomic E-state index is -4.15. The number of aromatic nitrogens is 2. The van der Waals surface area contributed by atoms with Crippen molar-refractivity contribution in [1.82, 2.24) is 25.3 Å². The first-order valence-corrected chi connectivity index (χ1v) is 9.07. The molecule has 27 heavy (non-hydrogen) atoms. The summed E-state index contributed by atoms with van der Waals surface area (Å²) in [6, 6.07) is -0.0336. The van der Waals surface area contributed by atoms with Gasteiger partial charge in [-0.1, -0.05) is 13.8 Å². The van der Waals surface area contributed by atoms with Gasteiger partial charge in [-0.25, -0.2) is 0 Å². The van der Waals surface area contributed by atoms with Crippen LogP contribution in [0.15, 0.2) is 4.99 Å². The summed E-state index contributed by atoms with van der Waals surface area (Å²) >= 11 is 0. The third kappa shape index (κ3) is 6.81. The van der Waals surface area contributed by atoms with Crippen LogP contribution in [0.1, 0.15) is 37.2 Å². The first-order valence-electron chi connectivity index (χ1n) is 9.07. The first kappa shape index (κ1) is 24.0. The van der Waals surface area contributed by atoms with Crippen LogP contribution in [0.5, 0.6) is 0 Å². The average Bonchev–Trinajstić information content (AvgIpc) is 3.12. The molecule has 0 aromatic carbocycles. The second-order valence-corrected chi connectivity index (χ2v) is 6.61. The largest absolute Gasteiger partial charge is 0.401 e. The highest BCUT2D eigenvalue weighted by molar-refractivity contribution is 14.0. The van der Waals surface area contributed by atoms with E-state index in [-0.39, 0.29) is 30.0 Å². The molecule has 156 valence electrons. The van der Waals surface area contributed by atoms with Gasteiger partial charge >= 0.3 is 6.18 Å². The van der Waals surface area contributed by atoms with Gasteiger partial charge in [-0.2, -0.15) is 18.3 Å². The summed E-state index contributed by atoms with van der Waals surface area (Å²) in [6.45, 7) is 4.72. The van der Waals surface area contributed by atoms with E-state index in [1.165, 1.54) is 16.2 Å². The maximum absolute atomic E-state index is 12.5. The van der Waals surface area contributed by atoms with Crippen molar-refractivity contribution in [3.05, 3.63) is 17.0 Å². The highest BCUT2D eigenvalue weighted by Gasteiger charge is 2.34. The summed E-state index contributed by atoms with van der Waals surface area (Å²) < 4.78 is 39.4. The Morgan fingerprint density at radius 2 is 2.00 bits per heavy atom. The lowest BCUT2D eigenvalue weighted by atomic mass is 10.1. The smallest absolute Gasteiger partial charge is 0.352 e. The number of guanidine groups is 1. The van der Waals surface area contributed by atoms with Gasteiger partial charge in [0, 0.05) is 51.0 Å². The fraction of sp³-hybridized carbons (Fsp3) is 0.765. The molecule has 2 N–H and O–H groups in total. The van der Waals surface area contributed by atoms with Gasteiger partial charge in [-0.05, 0) is 19.3 Å². The van der Waals surface area contributed by atoms with Gasteiger partial charge in [0.1, 0.15) is 0 Å². The number of aliphatic imine (C=N–C) groups is 1. The standard InChI is InChI=1S/C17H29F3N6.HI/c1-5-14-13(15(6-2)25(4)24-14)9-22-16(21-3)23-12-7-8-26(10-12)11-17(18,19)20;/h12H,5-11H2,1-4H3,(H2,21,22,23);1H. The van der Waals surface area contributed by atoms with Crippen LogP contribution in [0.25, 0.3) is 0 Å². The third-order valence-electron chi connectivity index (χ3n) is 4.70. The molecule has 1 aromatic heterocycles. The zero-order valence-electron chi connectivity index (χ0n) is 16.4. The van der Waals surface area contributed by atoms with E-state index in [0.29, 0.717) is 32.0 Å². The molecule has 2 heterocycles. The molecule has 1 aromatic rings. The molecule has 1 unspecified atom stereocenters. The van der Waals surface area contributed by atoms with Crippen LogP contribution in [0.2, 0.25) is 0 Å². The summed E-state index contributed by atoms with van der Waals surface area (Å²) in [5, 5.41) is 11.1. The Morgan fingerprint density at radius 1 is 1.30 bits per heavy atom. The van der Waals surface area contributed by atoms with Crippen molar-refractivity contribution in [2.24, 2.45) is 12.0 Å². The van der Waals surface area contributed by atoms with E-state index >= 15 is 0 Å². The van der Waals surface area contributed by atoms with Crippen molar-refractivity contribution in [2.75, 3.05) is 26.7 Å². The van der Waals surface area contributed by atoms with Crippen LogP contribution in [0.4, 0.5) is 13.2 Å². The predicted molar refractivity (Wildman–Crippen MR) is 112 cm³/mol. The van der Waals surface area contributed by atoms with Crippen LogP contribution < -0.4 is 10.6 Å². The van der Waals surface area contributed by atoms with Crippen molar-refractivity contribution >= 4 is 29.9 Å². The number of aryl methyl sites for hydroxylation is 2. The highest BCUT2D eigenvalue weighted by atomic mass is 127. The Labute approximate surface area is 176 Å². The van der Waals surface area contributed by atoms with Gasteiger partial charge in [0.05, 0.1) is 12.2 Å². The Balaban J connectivity index is 0.00000364. The van der Waals surface area contributed by atoms with E-state index in [0.717, 1.165) is 18.5 Å². The van der Waals surface area contributed by atoms with E-state index in [4.69, 9.17) is 0 Å². The molecule has 10 heteroatoms. The molecular weight excluding hydrogens is 472 g/mol. The van der Waals surface area contributed by atoms with Crippen molar-refractivity contribution in [3.8, 4) is 0 Å². The van der Waals surface area contributed by atoms with Gasteiger partial charge in [0.2, 0.25) is 0 Å². The number of likely N-dealkylation sites (tertiary alicyclic amines) is 1. The Kier molecular flexibility index (Phi) is 9.32. The SMILES string of the molecule is CCc1nn(C)c(CC)c1CNC(=NC)NC1CCN(CC(F)(F)F)C1.I. The molecule has 2 rings (SSSR count). The molecule has 1 aliphatic rings. The molecule has 0 amide bonds. The second-order valence-electron chi connectivity index (χ2n) is 6.61. The van der Waals surface area contributed by atoms with Crippen LogP contribution in [-0.2, 0) is 26.4 Å². The van der Waals surface area contributed by atoms with E-state index < -0.39 is 12.7 Å². The monoisotopic (exact) mass is 502 g/mol. The third-order valence-corrected chi connectivity index (χ3v) is 4.70. The summed E-state index contributed by atoms with van der Waals surface area (Å²) in [5.41, 5.74) is 3.41. The predicted octanol–water partition coefficient (Wildman–Crippen LogP) is 2.46. The zero-order chi connectivity index (χ0) is 19.3. The fourth-order valence-corrected chi connectivity index (χ4v) is 3.50. The lowest BCUT2D eigenvalue weighted by Gasteiger charge is -2.20. The fourth-order valence-electron chi connectivity index (χ4n) is 3.50. The van der Waals surface area contributed by atoms with Crippen LogP contribution in [0, 0.1) is 0 Å². The topological polar surface area (TPSA) is 57.5 Å². The van der Waals surface area contributed by atoms with Gasteiger partial charge in [0.15, 0.2) is 5.96 Å². The van der Waals surface area contributed by atoms with E-state index in [9.17, 15) is 13.2 Å². The minimum absolute atomic E-state index is 0. The summed E-state index contributed by atoms with van der Waals surface area (Å²) in [5.74, 6) is 0.608. The Bertz CT molecular complexity index is 629. The number of rotatable bonds is 6. The van der Waals surface area contributed by atoms with Crippen LogP contribution in [0.3, 0.4) is 0 Å². The van der Waals surface area contributed by atoms with Gasteiger partial charge < -0.3 is 10.6 Å². The van der Waals surface area contributed by atoms with Crippen molar-refractivity contribution in [3.63, 3.8) is 0 Å². The van der Waals surface area contributed by atoms with Crippen molar-refractivity contribution < 1.29 is 13.2 Å². The number of hydrogen-bond donors (Lipinski definition) is 2. The summed E-state index contributed by atoms with van der Waals surface area (Å²) in [4.78, 5) is 5.64. The maximum Gasteiger partial charge on any atom is 0.401 e. The maximum atomic E-state index is 12.5. The number of nitrogens with one attached hydrogen (secondary N) is 2. The van der Waals surface area contributed by atoms with Gasteiger partial charge in [-0.3, -0.25) is 14.6 Å². The molecule has 1 aliphatic heterocycles. The van der Waals surface area contributed by atoms with E-state index in [2.05, 4.69) is 34.6 Å².